The number of aliphatic hydroxyl groups is 1. The number of carbonyl (C=O) groups excluding carboxylic acids is 1. The fourth-order valence-corrected chi connectivity index (χ4v) is 3.92. The van der Waals surface area contributed by atoms with Gasteiger partial charge in [0, 0.05) is 44.0 Å². The third-order valence-corrected chi connectivity index (χ3v) is 5.51. The SMILES string of the molecule is COc1ccc(CC(=O)N[C@@H]2CN(C3CCOCC3)CC[C@@H]2O)c(OC)c1. The van der Waals surface area contributed by atoms with Crippen LogP contribution in [0.4, 0.5) is 0 Å². The fraction of sp³-hybridized carbons (Fsp3) is 0.650. The summed E-state index contributed by atoms with van der Waals surface area (Å²) in [6.07, 6.45) is 2.39. The number of rotatable bonds is 6. The number of carbonyl (C=O) groups is 1. The van der Waals surface area contributed by atoms with Crippen molar-refractivity contribution in [2.45, 2.75) is 43.9 Å². The van der Waals surface area contributed by atoms with Gasteiger partial charge in [0.25, 0.3) is 0 Å². The summed E-state index contributed by atoms with van der Waals surface area (Å²) in [5.41, 5.74) is 0.794. The number of methoxy groups -OCH3 is 2. The van der Waals surface area contributed by atoms with Crippen LogP contribution < -0.4 is 14.8 Å². The number of amides is 1. The number of aliphatic hydroxyl groups excluding tert-OH is 1. The van der Waals surface area contributed by atoms with Crippen molar-refractivity contribution < 1.29 is 24.1 Å². The molecule has 2 saturated heterocycles. The molecule has 2 heterocycles. The third kappa shape index (κ3) is 5.12. The van der Waals surface area contributed by atoms with Crippen LogP contribution in [0.5, 0.6) is 11.5 Å². The van der Waals surface area contributed by atoms with E-state index in [9.17, 15) is 9.90 Å². The number of nitrogens with one attached hydrogen (secondary N) is 1. The van der Waals surface area contributed by atoms with Gasteiger partial charge in [0.2, 0.25) is 5.91 Å². The van der Waals surface area contributed by atoms with Gasteiger partial charge in [-0.2, -0.15) is 0 Å². The van der Waals surface area contributed by atoms with Gasteiger partial charge in [0.1, 0.15) is 11.5 Å². The number of hydrogen-bond donors (Lipinski definition) is 2. The molecule has 0 saturated carbocycles. The molecule has 1 aromatic carbocycles. The Morgan fingerprint density at radius 3 is 2.74 bits per heavy atom. The van der Waals surface area contributed by atoms with Crippen molar-refractivity contribution in [3.8, 4) is 11.5 Å². The van der Waals surface area contributed by atoms with Crippen LogP contribution in [0.1, 0.15) is 24.8 Å². The van der Waals surface area contributed by atoms with E-state index in [1.165, 1.54) is 0 Å². The molecule has 2 N–H and O–H groups in total. The van der Waals surface area contributed by atoms with Crippen molar-refractivity contribution >= 4 is 5.91 Å². The first-order chi connectivity index (χ1) is 13.1. The molecule has 1 amide bonds. The summed E-state index contributed by atoms with van der Waals surface area (Å²) in [4.78, 5) is 15.0. The maximum atomic E-state index is 12.6. The molecule has 2 aliphatic rings. The quantitative estimate of drug-likeness (QED) is 0.768. The van der Waals surface area contributed by atoms with Crippen LogP contribution in [-0.2, 0) is 16.0 Å². The first-order valence-electron chi connectivity index (χ1n) is 9.61. The van der Waals surface area contributed by atoms with Crippen molar-refractivity contribution in [3.05, 3.63) is 23.8 Å². The average molecular weight is 378 g/mol. The summed E-state index contributed by atoms with van der Waals surface area (Å²) >= 11 is 0. The zero-order valence-corrected chi connectivity index (χ0v) is 16.1. The third-order valence-electron chi connectivity index (χ3n) is 5.51. The summed E-state index contributed by atoms with van der Waals surface area (Å²) in [6.45, 7) is 3.12. The van der Waals surface area contributed by atoms with Crippen LogP contribution in [0, 0.1) is 0 Å². The van der Waals surface area contributed by atoms with Crippen molar-refractivity contribution in [2.75, 3.05) is 40.5 Å². The van der Waals surface area contributed by atoms with Crippen LogP contribution in [0.2, 0.25) is 0 Å². The standard InChI is InChI=1S/C20H30N2O5/c1-25-16-4-3-14(19(12-16)26-2)11-20(24)21-17-13-22(8-5-18(17)23)15-6-9-27-10-7-15/h3-4,12,15,17-18,23H,5-11,13H2,1-2H3,(H,21,24)/t17-,18+/m1/s1. The minimum absolute atomic E-state index is 0.114. The lowest BCUT2D eigenvalue weighted by molar-refractivity contribution is -0.123. The van der Waals surface area contributed by atoms with Crippen LogP contribution in [0.25, 0.3) is 0 Å². The zero-order valence-electron chi connectivity index (χ0n) is 16.1. The number of likely N-dealkylation sites (tertiary alicyclic amines) is 1. The summed E-state index contributed by atoms with van der Waals surface area (Å²) in [6, 6.07) is 5.65. The van der Waals surface area contributed by atoms with E-state index in [1.54, 1.807) is 20.3 Å². The highest BCUT2D eigenvalue weighted by molar-refractivity contribution is 5.79. The van der Waals surface area contributed by atoms with Crippen LogP contribution in [0.15, 0.2) is 18.2 Å². The van der Waals surface area contributed by atoms with Crippen molar-refractivity contribution in [3.63, 3.8) is 0 Å². The van der Waals surface area contributed by atoms with Gasteiger partial charge in [0.05, 0.1) is 32.8 Å². The van der Waals surface area contributed by atoms with Gasteiger partial charge in [-0.15, -0.1) is 0 Å². The summed E-state index contributed by atoms with van der Waals surface area (Å²) in [5, 5.41) is 13.4. The van der Waals surface area contributed by atoms with E-state index in [4.69, 9.17) is 14.2 Å². The van der Waals surface area contributed by atoms with E-state index in [2.05, 4.69) is 10.2 Å². The highest BCUT2D eigenvalue weighted by atomic mass is 16.5. The molecule has 0 radical (unpaired) electrons. The van der Waals surface area contributed by atoms with Crippen molar-refractivity contribution in [1.29, 1.82) is 0 Å². The Morgan fingerprint density at radius 1 is 1.26 bits per heavy atom. The monoisotopic (exact) mass is 378 g/mol. The summed E-state index contributed by atoms with van der Waals surface area (Å²) in [5.74, 6) is 1.19. The lowest BCUT2D eigenvalue weighted by Gasteiger charge is -2.42. The first kappa shape index (κ1) is 19.9. The molecule has 27 heavy (non-hydrogen) atoms. The molecule has 2 aliphatic heterocycles. The van der Waals surface area contributed by atoms with E-state index in [-0.39, 0.29) is 18.4 Å². The Labute approximate surface area is 160 Å². The van der Waals surface area contributed by atoms with Gasteiger partial charge >= 0.3 is 0 Å². The molecule has 7 heteroatoms. The number of piperidine rings is 1. The topological polar surface area (TPSA) is 80.3 Å². The lowest BCUT2D eigenvalue weighted by Crippen LogP contribution is -2.58. The molecule has 7 nitrogen and oxygen atoms in total. The molecule has 0 spiro atoms. The Kier molecular flexibility index (Phi) is 6.93. The molecule has 0 unspecified atom stereocenters. The van der Waals surface area contributed by atoms with Gasteiger partial charge in [-0.1, -0.05) is 6.07 Å². The molecule has 0 aromatic heterocycles. The smallest absolute Gasteiger partial charge is 0.224 e. The predicted octanol–water partition coefficient (Wildman–Crippen LogP) is 0.977. The second kappa shape index (κ2) is 9.39. The minimum atomic E-state index is -0.511. The van der Waals surface area contributed by atoms with E-state index >= 15 is 0 Å². The number of ether oxygens (including phenoxy) is 3. The first-order valence-corrected chi connectivity index (χ1v) is 9.61. The maximum Gasteiger partial charge on any atom is 0.224 e. The molecule has 1 aromatic rings. The van der Waals surface area contributed by atoms with Gasteiger partial charge in [0.15, 0.2) is 0 Å². The molecular formula is C20H30N2O5. The number of hydrogen-bond acceptors (Lipinski definition) is 6. The van der Waals surface area contributed by atoms with Crippen molar-refractivity contribution in [1.82, 2.24) is 10.2 Å². The summed E-state index contributed by atoms with van der Waals surface area (Å²) < 4.78 is 16.0. The molecule has 0 aliphatic carbocycles. The van der Waals surface area contributed by atoms with E-state index in [0.717, 1.165) is 38.2 Å². The molecule has 3 rings (SSSR count). The lowest BCUT2D eigenvalue weighted by atomic mass is 9.97. The minimum Gasteiger partial charge on any atom is -0.497 e. The van der Waals surface area contributed by atoms with Gasteiger partial charge in [-0.3, -0.25) is 9.69 Å². The molecule has 0 bridgehead atoms. The van der Waals surface area contributed by atoms with E-state index < -0.39 is 6.10 Å². The van der Waals surface area contributed by atoms with Gasteiger partial charge in [-0.05, 0) is 25.3 Å². The highest BCUT2D eigenvalue weighted by Gasteiger charge is 2.33. The second-order valence-corrected chi connectivity index (χ2v) is 7.22. The molecular weight excluding hydrogens is 348 g/mol. The zero-order chi connectivity index (χ0) is 19.2. The van der Waals surface area contributed by atoms with Crippen LogP contribution in [-0.4, -0.2) is 74.6 Å². The summed E-state index contributed by atoms with van der Waals surface area (Å²) in [7, 11) is 3.17. The van der Waals surface area contributed by atoms with Crippen molar-refractivity contribution in [2.24, 2.45) is 0 Å². The predicted molar refractivity (Wildman–Crippen MR) is 101 cm³/mol. The van der Waals surface area contributed by atoms with Gasteiger partial charge in [-0.25, -0.2) is 0 Å². The number of benzene rings is 1. The normalized spacial score (nSPS) is 24.4. The highest BCUT2D eigenvalue weighted by Crippen LogP contribution is 2.25. The maximum absolute atomic E-state index is 12.6. The van der Waals surface area contributed by atoms with Gasteiger partial charge < -0.3 is 24.6 Å². The Bertz CT molecular complexity index is 633. The number of nitrogens with zero attached hydrogens (tertiary/aromatic N) is 1. The van der Waals surface area contributed by atoms with Crippen LogP contribution in [0.3, 0.4) is 0 Å². The Balaban J connectivity index is 1.59. The molecule has 2 atom stereocenters. The van der Waals surface area contributed by atoms with Crippen LogP contribution >= 0.6 is 0 Å². The average Bonchev–Trinajstić information content (AvgIpc) is 2.70. The molecule has 2 fully saturated rings. The van der Waals surface area contributed by atoms with E-state index in [1.807, 2.05) is 12.1 Å². The van der Waals surface area contributed by atoms with E-state index in [0.29, 0.717) is 30.5 Å². The largest absolute Gasteiger partial charge is 0.497 e. The Hall–Kier alpha value is -1.83. The second-order valence-electron chi connectivity index (χ2n) is 7.22. The Morgan fingerprint density at radius 2 is 2.04 bits per heavy atom. The fourth-order valence-electron chi connectivity index (χ4n) is 3.92. The molecule has 150 valence electrons.